The lowest BCUT2D eigenvalue weighted by atomic mass is 9.84. The summed E-state index contributed by atoms with van der Waals surface area (Å²) in [4.78, 5) is 0. The fourth-order valence-corrected chi connectivity index (χ4v) is 2.35. The Morgan fingerprint density at radius 1 is 0.762 bits per heavy atom. The first-order valence-corrected chi connectivity index (χ1v) is 7.04. The molecule has 0 fully saturated rings. The lowest BCUT2D eigenvalue weighted by Gasteiger charge is -2.21. The molecule has 0 spiro atoms. The van der Waals surface area contributed by atoms with Gasteiger partial charge >= 0.3 is 0 Å². The molecule has 106 valence electrons. The third-order valence-electron chi connectivity index (χ3n) is 3.41. The first-order valence-electron chi connectivity index (χ1n) is 7.04. The van der Waals surface area contributed by atoms with E-state index >= 15 is 0 Å². The van der Waals surface area contributed by atoms with Gasteiger partial charge in [-0.1, -0.05) is 57.2 Å². The lowest BCUT2D eigenvalue weighted by molar-refractivity contribution is 0.567. The predicted octanol–water partition coefficient (Wildman–Crippen LogP) is 4.70. The van der Waals surface area contributed by atoms with Crippen LogP contribution in [0.1, 0.15) is 26.3 Å². The van der Waals surface area contributed by atoms with Crippen LogP contribution in [0, 0.1) is 0 Å². The number of benzene rings is 2. The standard InChI is InChI=1S/C18H18N2O/c1-18(2,3)15-12-8-7-11-14(15)17-20-19-16(21-17)13-9-5-4-6-10-13/h4-12H,1-3H3. The highest BCUT2D eigenvalue weighted by Crippen LogP contribution is 2.33. The molecule has 0 saturated carbocycles. The average molecular weight is 278 g/mol. The Bertz CT molecular complexity index is 739. The Kier molecular flexibility index (Phi) is 3.34. The van der Waals surface area contributed by atoms with Crippen molar-refractivity contribution in [3.63, 3.8) is 0 Å². The molecule has 1 aromatic heterocycles. The van der Waals surface area contributed by atoms with Gasteiger partial charge in [-0.3, -0.25) is 0 Å². The fourth-order valence-electron chi connectivity index (χ4n) is 2.35. The van der Waals surface area contributed by atoms with Gasteiger partial charge in [-0.05, 0) is 29.2 Å². The van der Waals surface area contributed by atoms with E-state index in [4.69, 9.17) is 4.42 Å². The maximum Gasteiger partial charge on any atom is 0.248 e. The highest BCUT2D eigenvalue weighted by molar-refractivity contribution is 5.62. The van der Waals surface area contributed by atoms with Gasteiger partial charge in [0.15, 0.2) is 0 Å². The highest BCUT2D eigenvalue weighted by Gasteiger charge is 2.21. The summed E-state index contributed by atoms with van der Waals surface area (Å²) >= 11 is 0. The van der Waals surface area contributed by atoms with E-state index in [0.29, 0.717) is 11.8 Å². The summed E-state index contributed by atoms with van der Waals surface area (Å²) in [6, 6.07) is 18.0. The maximum absolute atomic E-state index is 5.87. The molecular weight excluding hydrogens is 260 g/mol. The van der Waals surface area contributed by atoms with Crippen LogP contribution in [0.4, 0.5) is 0 Å². The molecule has 0 aliphatic heterocycles. The van der Waals surface area contributed by atoms with Crippen LogP contribution in [0.5, 0.6) is 0 Å². The zero-order valence-electron chi connectivity index (χ0n) is 12.5. The van der Waals surface area contributed by atoms with Crippen molar-refractivity contribution in [2.24, 2.45) is 0 Å². The second kappa shape index (κ2) is 5.17. The summed E-state index contributed by atoms with van der Waals surface area (Å²) in [5.74, 6) is 1.12. The van der Waals surface area contributed by atoms with E-state index in [1.54, 1.807) is 0 Å². The monoisotopic (exact) mass is 278 g/mol. The van der Waals surface area contributed by atoms with Crippen molar-refractivity contribution in [1.29, 1.82) is 0 Å². The second-order valence-corrected chi connectivity index (χ2v) is 6.07. The molecule has 3 heteroatoms. The van der Waals surface area contributed by atoms with Crippen molar-refractivity contribution in [1.82, 2.24) is 10.2 Å². The van der Waals surface area contributed by atoms with E-state index in [0.717, 1.165) is 11.1 Å². The van der Waals surface area contributed by atoms with Crippen molar-refractivity contribution >= 4 is 0 Å². The molecule has 3 nitrogen and oxygen atoms in total. The van der Waals surface area contributed by atoms with Crippen LogP contribution in [0.25, 0.3) is 22.9 Å². The maximum atomic E-state index is 5.87. The van der Waals surface area contributed by atoms with Crippen LogP contribution >= 0.6 is 0 Å². The highest BCUT2D eigenvalue weighted by atomic mass is 16.4. The van der Waals surface area contributed by atoms with E-state index in [-0.39, 0.29) is 5.41 Å². The molecule has 0 aliphatic rings. The minimum absolute atomic E-state index is 0.0258. The van der Waals surface area contributed by atoms with E-state index in [9.17, 15) is 0 Å². The molecule has 1 heterocycles. The van der Waals surface area contributed by atoms with E-state index in [2.05, 4.69) is 37.0 Å². The van der Waals surface area contributed by atoms with Gasteiger partial charge in [0.05, 0.1) is 0 Å². The van der Waals surface area contributed by atoms with Gasteiger partial charge < -0.3 is 4.42 Å². The third kappa shape index (κ3) is 2.72. The van der Waals surface area contributed by atoms with Crippen molar-refractivity contribution in [3.8, 4) is 22.9 Å². The molecule has 3 rings (SSSR count). The Morgan fingerprint density at radius 3 is 2.10 bits per heavy atom. The summed E-state index contributed by atoms with van der Waals surface area (Å²) in [5.41, 5.74) is 3.16. The first kappa shape index (κ1) is 13.6. The normalized spacial score (nSPS) is 11.6. The van der Waals surface area contributed by atoms with E-state index in [1.165, 1.54) is 5.56 Å². The summed E-state index contributed by atoms with van der Waals surface area (Å²) < 4.78 is 5.87. The smallest absolute Gasteiger partial charge is 0.248 e. The van der Waals surface area contributed by atoms with E-state index in [1.807, 2.05) is 48.5 Å². The van der Waals surface area contributed by atoms with Gasteiger partial charge in [0.2, 0.25) is 11.8 Å². The topological polar surface area (TPSA) is 38.9 Å². The minimum Gasteiger partial charge on any atom is -0.416 e. The van der Waals surface area contributed by atoms with Crippen molar-refractivity contribution in [3.05, 3.63) is 60.2 Å². The summed E-state index contributed by atoms with van der Waals surface area (Å²) in [6.07, 6.45) is 0. The molecular formula is C18H18N2O. The van der Waals surface area contributed by atoms with Crippen LogP contribution in [-0.2, 0) is 5.41 Å². The van der Waals surface area contributed by atoms with Gasteiger partial charge in [-0.15, -0.1) is 10.2 Å². The molecule has 3 aromatic rings. The zero-order chi connectivity index (χ0) is 14.9. The molecule has 0 bridgehead atoms. The van der Waals surface area contributed by atoms with Crippen molar-refractivity contribution in [2.75, 3.05) is 0 Å². The molecule has 0 amide bonds. The molecule has 0 N–H and O–H groups in total. The molecule has 0 radical (unpaired) electrons. The number of hydrogen-bond donors (Lipinski definition) is 0. The molecule has 0 aliphatic carbocycles. The summed E-state index contributed by atoms with van der Waals surface area (Å²) in [7, 11) is 0. The van der Waals surface area contributed by atoms with Gasteiger partial charge in [0, 0.05) is 11.1 Å². The van der Waals surface area contributed by atoms with Gasteiger partial charge in [-0.2, -0.15) is 0 Å². The predicted molar refractivity (Wildman–Crippen MR) is 83.9 cm³/mol. The third-order valence-corrected chi connectivity index (χ3v) is 3.41. The summed E-state index contributed by atoms with van der Waals surface area (Å²) in [6.45, 7) is 6.54. The number of nitrogens with zero attached hydrogens (tertiary/aromatic N) is 2. The zero-order valence-corrected chi connectivity index (χ0v) is 12.5. The molecule has 0 saturated heterocycles. The first-order chi connectivity index (χ1) is 10.1. The number of aromatic nitrogens is 2. The van der Waals surface area contributed by atoms with Crippen LogP contribution in [-0.4, -0.2) is 10.2 Å². The molecule has 0 atom stereocenters. The van der Waals surface area contributed by atoms with Crippen LogP contribution < -0.4 is 0 Å². The SMILES string of the molecule is CC(C)(C)c1ccccc1-c1nnc(-c2ccccc2)o1. The number of hydrogen-bond acceptors (Lipinski definition) is 3. The molecule has 2 aromatic carbocycles. The van der Waals surface area contributed by atoms with Crippen molar-refractivity contribution in [2.45, 2.75) is 26.2 Å². The Morgan fingerprint density at radius 2 is 1.38 bits per heavy atom. The largest absolute Gasteiger partial charge is 0.416 e. The second-order valence-electron chi connectivity index (χ2n) is 6.07. The quantitative estimate of drug-likeness (QED) is 0.682. The lowest BCUT2D eigenvalue weighted by Crippen LogP contribution is -2.12. The fraction of sp³-hybridized carbons (Fsp3) is 0.222. The van der Waals surface area contributed by atoms with Crippen LogP contribution in [0.3, 0.4) is 0 Å². The molecule has 21 heavy (non-hydrogen) atoms. The van der Waals surface area contributed by atoms with Crippen LogP contribution in [0.15, 0.2) is 59.0 Å². The summed E-state index contributed by atoms with van der Waals surface area (Å²) in [5, 5.41) is 8.39. The number of rotatable bonds is 2. The Balaban J connectivity index is 2.06. The van der Waals surface area contributed by atoms with E-state index < -0.39 is 0 Å². The molecule has 0 unspecified atom stereocenters. The van der Waals surface area contributed by atoms with Gasteiger partial charge in [-0.25, -0.2) is 0 Å². The van der Waals surface area contributed by atoms with Crippen molar-refractivity contribution < 1.29 is 4.42 Å². The van der Waals surface area contributed by atoms with Gasteiger partial charge in [0.1, 0.15) is 0 Å². The van der Waals surface area contributed by atoms with Crippen LogP contribution in [0.2, 0.25) is 0 Å². The minimum atomic E-state index is 0.0258. The average Bonchev–Trinajstić information content (AvgIpc) is 2.97. The van der Waals surface area contributed by atoms with Gasteiger partial charge in [0.25, 0.3) is 0 Å². The Labute approximate surface area is 124 Å². The Hall–Kier alpha value is -2.42.